The first-order valence-electron chi connectivity index (χ1n) is 5.36. The van der Waals surface area contributed by atoms with Crippen LogP contribution in [0.3, 0.4) is 0 Å². The quantitative estimate of drug-likeness (QED) is 0.942. The van der Waals surface area contributed by atoms with E-state index in [0.717, 1.165) is 6.07 Å². The summed E-state index contributed by atoms with van der Waals surface area (Å²) in [6.07, 6.45) is -3.90. The first-order valence-corrected chi connectivity index (χ1v) is 6.62. The number of halogens is 4. The van der Waals surface area contributed by atoms with Gasteiger partial charge in [-0.15, -0.1) is 11.3 Å². The lowest BCUT2D eigenvalue weighted by Gasteiger charge is -2.14. The van der Waals surface area contributed by atoms with Crippen LogP contribution in [0.4, 0.5) is 13.2 Å². The van der Waals surface area contributed by atoms with E-state index in [4.69, 9.17) is 17.3 Å². The van der Waals surface area contributed by atoms with Crippen LogP contribution in [0.5, 0.6) is 0 Å². The van der Waals surface area contributed by atoms with Gasteiger partial charge in [-0.25, -0.2) is 0 Å². The van der Waals surface area contributed by atoms with Crippen molar-refractivity contribution in [1.82, 2.24) is 4.98 Å². The van der Waals surface area contributed by atoms with Crippen molar-refractivity contribution in [2.75, 3.05) is 0 Å². The summed E-state index contributed by atoms with van der Waals surface area (Å²) in [6, 6.07) is 4.09. The van der Waals surface area contributed by atoms with Gasteiger partial charge in [0.2, 0.25) is 5.91 Å². The van der Waals surface area contributed by atoms with Gasteiger partial charge in [0.25, 0.3) is 0 Å². The molecular formula is C12H8ClF3N2OS. The molecule has 0 saturated carbocycles. The second kappa shape index (κ2) is 5.41. The largest absolute Gasteiger partial charge is 0.417 e. The molecule has 20 heavy (non-hydrogen) atoms. The molecule has 0 aliphatic rings. The number of nitrogens with two attached hydrogens (primary N) is 1. The lowest BCUT2D eigenvalue weighted by atomic mass is 10.0. The fraction of sp³-hybridized carbons (Fsp3) is 0.167. The van der Waals surface area contributed by atoms with Gasteiger partial charge in [-0.05, 0) is 17.5 Å². The molecular weight excluding hydrogens is 313 g/mol. The maximum atomic E-state index is 12.5. The summed E-state index contributed by atoms with van der Waals surface area (Å²) < 4.78 is 37.6. The van der Waals surface area contributed by atoms with Crippen molar-refractivity contribution in [2.24, 2.45) is 5.73 Å². The number of carbonyl (C=O) groups is 1. The Morgan fingerprint density at radius 2 is 2.15 bits per heavy atom. The van der Waals surface area contributed by atoms with Gasteiger partial charge >= 0.3 is 6.18 Å². The zero-order valence-corrected chi connectivity index (χ0v) is 11.4. The molecule has 106 valence electrons. The van der Waals surface area contributed by atoms with Crippen LogP contribution in [0, 0.1) is 0 Å². The van der Waals surface area contributed by atoms with Gasteiger partial charge in [-0.3, -0.25) is 9.78 Å². The summed E-state index contributed by atoms with van der Waals surface area (Å²) in [5.74, 6) is -1.67. The monoisotopic (exact) mass is 320 g/mol. The van der Waals surface area contributed by atoms with Gasteiger partial charge in [-0.1, -0.05) is 17.7 Å². The van der Waals surface area contributed by atoms with Crippen molar-refractivity contribution in [3.8, 4) is 0 Å². The number of rotatable bonds is 3. The van der Waals surface area contributed by atoms with Gasteiger partial charge in [0.15, 0.2) is 0 Å². The predicted molar refractivity (Wildman–Crippen MR) is 69.6 cm³/mol. The third-order valence-electron chi connectivity index (χ3n) is 2.58. The number of hydrogen-bond acceptors (Lipinski definition) is 3. The smallest absolute Gasteiger partial charge is 0.369 e. The van der Waals surface area contributed by atoms with E-state index in [1.807, 2.05) is 0 Å². The van der Waals surface area contributed by atoms with Crippen LogP contribution in [-0.4, -0.2) is 10.9 Å². The van der Waals surface area contributed by atoms with Crippen molar-refractivity contribution < 1.29 is 18.0 Å². The van der Waals surface area contributed by atoms with E-state index < -0.39 is 23.6 Å². The highest BCUT2D eigenvalue weighted by molar-refractivity contribution is 7.10. The Hall–Kier alpha value is -1.60. The van der Waals surface area contributed by atoms with Gasteiger partial charge in [0.05, 0.1) is 16.3 Å². The standard InChI is InChI=1S/C12H8ClF3N2OS/c13-7-4-6(12(14,15)16)5-18-10(7)9(11(17)19)8-2-1-3-20-8/h1-5,9H,(H2,17,19)/t9-/m1/s1. The Kier molecular flexibility index (Phi) is 4.01. The highest BCUT2D eigenvalue weighted by Gasteiger charge is 2.33. The van der Waals surface area contributed by atoms with Gasteiger partial charge < -0.3 is 5.73 Å². The fourth-order valence-corrected chi connectivity index (χ4v) is 2.79. The minimum atomic E-state index is -4.54. The van der Waals surface area contributed by atoms with Crippen LogP contribution in [0.15, 0.2) is 29.8 Å². The topological polar surface area (TPSA) is 56.0 Å². The Balaban J connectivity index is 2.48. The molecule has 0 unspecified atom stereocenters. The first kappa shape index (κ1) is 14.8. The van der Waals surface area contributed by atoms with E-state index in [1.54, 1.807) is 17.5 Å². The second-order valence-corrected chi connectivity index (χ2v) is 5.33. The third kappa shape index (κ3) is 2.94. The average molecular weight is 321 g/mol. The minimum absolute atomic E-state index is 0.0228. The number of hydrogen-bond donors (Lipinski definition) is 1. The molecule has 2 aromatic heterocycles. The molecule has 0 aliphatic carbocycles. The summed E-state index contributed by atoms with van der Waals surface area (Å²) >= 11 is 7.08. The summed E-state index contributed by atoms with van der Waals surface area (Å²) in [7, 11) is 0. The zero-order chi connectivity index (χ0) is 14.9. The second-order valence-electron chi connectivity index (χ2n) is 3.94. The number of pyridine rings is 1. The number of carbonyl (C=O) groups excluding carboxylic acids is 1. The molecule has 3 nitrogen and oxygen atoms in total. The Morgan fingerprint density at radius 1 is 1.45 bits per heavy atom. The third-order valence-corrected chi connectivity index (χ3v) is 3.82. The van der Waals surface area contributed by atoms with Crippen LogP contribution in [0.25, 0.3) is 0 Å². The van der Waals surface area contributed by atoms with E-state index in [1.165, 1.54) is 11.3 Å². The number of aromatic nitrogens is 1. The number of amides is 1. The van der Waals surface area contributed by atoms with Crippen LogP contribution in [0.1, 0.15) is 22.1 Å². The Labute approximate surface area is 121 Å². The van der Waals surface area contributed by atoms with Gasteiger partial charge in [0.1, 0.15) is 5.92 Å². The van der Waals surface area contributed by atoms with Gasteiger partial charge in [0, 0.05) is 11.1 Å². The molecule has 0 fully saturated rings. The van der Waals surface area contributed by atoms with Crippen LogP contribution in [0.2, 0.25) is 5.02 Å². The number of primary amides is 1. The van der Waals surface area contributed by atoms with Crippen molar-refractivity contribution in [1.29, 1.82) is 0 Å². The fourth-order valence-electron chi connectivity index (χ4n) is 1.68. The summed E-state index contributed by atoms with van der Waals surface area (Å²) in [4.78, 5) is 15.8. The summed E-state index contributed by atoms with van der Waals surface area (Å²) in [5.41, 5.74) is 4.35. The SMILES string of the molecule is NC(=O)[C@H](c1cccs1)c1ncc(C(F)(F)F)cc1Cl. The van der Waals surface area contributed by atoms with Crippen LogP contribution < -0.4 is 5.73 Å². The van der Waals surface area contributed by atoms with Crippen LogP contribution >= 0.6 is 22.9 Å². The molecule has 0 bridgehead atoms. The highest BCUT2D eigenvalue weighted by Crippen LogP contribution is 2.35. The van der Waals surface area contributed by atoms with Crippen molar-refractivity contribution in [3.63, 3.8) is 0 Å². The van der Waals surface area contributed by atoms with Crippen molar-refractivity contribution in [3.05, 3.63) is 50.9 Å². The minimum Gasteiger partial charge on any atom is -0.369 e. The molecule has 2 aromatic rings. The molecule has 0 aromatic carbocycles. The summed E-state index contributed by atoms with van der Waals surface area (Å²) in [6.45, 7) is 0. The molecule has 2 N–H and O–H groups in total. The number of thiophene rings is 1. The molecule has 0 spiro atoms. The molecule has 2 rings (SSSR count). The normalized spacial score (nSPS) is 13.2. The Morgan fingerprint density at radius 3 is 2.60 bits per heavy atom. The molecule has 0 saturated heterocycles. The van der Waals surface area contributed by atoms with Crippen molar-refractivity contribution in [2.45, 2.75) is 12.1 Å². The Bertz CT molecular complexity index is 628. The molecule has 0 aliphatic heterocycles. The molecule has 8 heteroatoms. The number of nitrogens with zero attached hydrogens (tertiary/aromatic N) is 1. The molecule has 1 atom stereocenters. The maximum absolute atomic E-state index is 12.5. The molecule has 2 heterocycles. The van der Waals surface area contributed by atoms with Crippen molar-refractivity contribution >= 4 is 28.8 Å². The maximum Gasteiger partial charge on any atom is 0.417 e. The van der Waals surface area contributed by atoms with E-state index in [9.17, 15) is 18.0 Å². The lowest BCUT2D eigenvalue weighted by Crippen LogP contribution is -2.23. The predicted octanol–water partition coefficient (Wildman–Crippen LogP) is 3.43. The van der Waals surface area contributed by atoms with E-state index in [2.05, 4.69) is 4.98 Å². The lowest BCUT2D eigenvalue weighted by molar-refractivity contribution is -0.137. The average Bonchev–Trinajstić information content (AvgIpc) is 2.83. The molecule has 1 amide bonds. The van der Waals surface area contributed by atoms with E-state index in [0.29, 0.717) is 11.1 Å². The van der Waals surface area contributed by atoms with E-state index >= 15 is 0 Å². The van der Waals surface area contributed by atoms with Gasteiger partial charge in [-0.2, -0.15) is 13.2 Å². The molecule has 0 radical (unpaired) electrons. The highest BCUT2D eigenvalue weighted by atomic mass is 35.5. The van der Waals surface area contributed by atoms with Crippen LogP contribution in [-0.2, 0) is 11.0 Å². The number of alkyl halides is 3. The first-order chi connectivity index (χ1) is 9.30. The van der Waals surface area contributed by atoms with E-state index in [-0.39, 0.29) is 10.7 Å². The summed E-state index contributed by atoms with van der Waals surface area (Å²) in [5, 5.41) is 1.49. The zero-order valence-electron chi connectivity index (χ0n) is 9.82.